The molecule has 0 aromatic carbocycles. The molecule has 2 aliphatic heterocycles. The van der Waals surface area contributed by atoms with Gasteiger partial charge in [-0.25, -0.2) is 0 Å². The average molecular weight is 342 g/mol. The molecule has 2 saturated heterocycles. The maximum atomic E-state index is 12.8. The first kappa shape index (κ1) is 16.5. The fourth-order valence-corrected chi connectivity index (χ4v) is 3.86. The van der Waals surface area contributed by atoms with Crippen LogP contribution < -0.4 is 0 Å². The van der Waals surface area contributed by atoms with E-state index in [1.165, 1.54) is 18.4 Å². The van der Waals surface area contributed by atoms with Crippen LogP contribution in [0.5, 0.6) is 0 Å². The van der Waals surface area contributed by atoms with Crippen LogP contribution in [-0.2, 0) is 16.1 Å². The third-order valence-corrected chi connectivity index (χ3v) is 5.58. The van der Waals surface area contributed by atoms with Crippen LogP contribution in [0.3, 0.4) is 0 Å². The smallest absolute Gasteiger partial charge is 0.228 e. The molecule has 2 amide bonds. The largest absolute Gasteiger partial charge is 0.342 e. The molecular weight excluding hydrogens is 316 g/mol. The van der Waals surface area contributed by atoms with E-state index in [1.807, 2.05) is 34.3 Å². The molecule has 0 radical (unpaired) electrons. The summed E-state index contributed by atoms with van der Waals surface area (Å²) in [4.78, 5) is 35.2. The Hall–Kier alpha value is -1.95. The van der Waals surface area contributed by atoms with E-state index in [9.17, 15) is 9.59 Å². The lowest BCUT2D eigenvalue weighted by atomic mass is 10.1. The molecule has 0 bridgehead atoms. The van der Waals surface area contributed by atoms with Gasteiger partial charge in [-0.1, -0.05) is 0 Å². The highest BCUT2D eigenvalue weighted by Gasteiger charge is 2.39. The number of amides is 2. The first-order chi connectivity index (χ1) is 12.2. The maximum absolute atomic E-state index is 12.8. The van der Waals surface area contributed by atoms with Crippen LogP contribution in [0.4, 0.5) is 0 Å². The zero-order chi connectivity index (χ0) is 17.2. The normalized spacial score (nSPS) is 24.8. The Labute approximate surface area is 148 Å². The number of piperazine rings is 1. The van der Waals surface area contributed by atoms with Gasteiger partial charge < -0.3 is 9.80 Å². The predicted molar refractivity (Wildman–Crippen MR) is 93.5 cm³/mol. The molecule has 6 heteroatoms. The highest BCUT2D eigenvalue weighted by molar-refractivity contribution is 5.89. The molecule has 3 aliphatic rings. The second-order valence-electron chi connectivity index (χ2n) is 7.60. The van der Waals surface area contributed by atoms with Crippen LogP contribution in [-0.4, -0.2) is 70.8 Å². The van der Waals surface area contributed by atoms with Gasteiger partial charge in [0.25, 0.3) is 0 Å². The fourth-order valence-electron chi connectivity index (χ4n) is 3.86. The number of rotatable bonds is 5. The van der Waals surface area contributed by atoms with Crippen molar-refractivity contribution in [3.05, 3.63) is 30.1 Å². The van der Waals surface area contributed by atoms with Gasteiger partial charge in [-0.3, -0.25) is 19.5 Å². The number of likely N-dealkylation sites (tertiary alicyclic amines) is 1. The maximum Gasteiger partial charge on any atom is 0.228 e. The Morgan fingerprint density at radius 1 is 1.12 bits per heavy atom. The molecule has 1 aromatic heterocycles. The third-order valence-electron chi connectivity index (χ3n) is 5.58. The Bertz CT molecular complexity index is 624. The molecular formula is C19H26N4O2. The van der Waals surface area contributed by atoms with Gasteiger partial charge in [0, 0.05) is 64.6 Å². The number of carbonyl (C=O) groups is 2. The summed E-state index contributed by atoms with van der Waals surface area (Å²) in [6.07, 6.45) is 6.52. The number of hydrogen-bond acceptors (Lipinski definition) is 4. The van der Waals surface area contributed by atoms with Gasteiger partial charge in [0.15, 0.2) is 0 Å². The molecule has 0 unspecified atom stereocenters. The van der Waals surface area contributed by atoms with Gasteiger partial charge in [0.2, 0.25) is 11.8 Å². The van der Waals surface area contributed by atoms with Gasteiger partial charge in [-0.05, 0) is 36.5 Å². The molecule has 3 fully saturated rings. The summed E-state index contributed by atoms with van der Waals surface area (Å²) in [5, 5.41) is 0. The Balaban J connectivity index is 1.26. The quantitative estimate of drug-likeness (QED) is 0.801. The summed E-state index contributed by atoms with van der Waals surface area (Å²) < 4.78 is 0. The van der Waals surface area contributed by atoms with Crippen molar-refractivity contribution in [2.45, 2.75) is 25.8 Å². The molecule has 1 atom stereocenters. The summed E-state index contributed by atoms with van der Waals surface area (Å²) in [6, 6.07) is 4.08. The van der Waals surface area contributed by atoms with E-state index >= 15 is 0 Å². The van der Waals surface area contributed by atoms with Crippen LogP contribution in [0.15, 0.2) is 24.5 Å². The summed E-state index contributed by atoms with van der Waals surface area (Å²) in [5.74, 6) is 0.907. The average Bonchev–Trinajstić information content (AvgIpc) is 3.38. The van der Waals surface area contributed by atoms with Crippen molar-refractivity contribution in [2.24, 2.45) is 11.8 Å². The summed E-state index contributed by atoms with van der Waals surface area (Å²) >= 11 is 0. The van der Waals surface area contributed by atoms with Crippen molar-refractivity contribution in [3.63, 3.8) is 0 Å². The first-order valence-electron chi connectivity index (χ1n) is 9.37. The Morgan fingerprint density at radius 2 is 1.84 bits per heavy atom. The molecule has 1 aliphatic carbocycles. The molecule has 1 aromatic rings. The van der Waals surface area contributed by atoms with Gasteiger partial charge in [0.05, 0.1) is 5.92 Å². The first-order valence-corrected chi connectivity index (χ1v) is 9.37. The number of carbonyl (C=O) groups excluding carboxylic acids is 2. The molecule has 4 rings (SSSR count). The van der Waals surface area contributed by atoms with Crippen LogP contribution in [0.2, 0.25) is 0 Å². The minimum Gasteiger partial charge on any atom is -0.342 e. The highest BCUT2D eigenvalue weighted by Crippen LogP contribution is 2.32. The van der Waals surface area contributed by atoms with Gasteiger partial charge in [-0.15, -0.1) is 0 Å². The molecule has 0 N–H and O–H groups in total. The number of hydrogen-bond donors (Lipinski definition) is 0. The Kier molecular flexibility index (Phi) is 4.70. The van der Waals surface area contributed by atoms with Crippen molar-refractivity contribution < 1.29 is 9.59 Å². The van der Waals surface area contributed by atoms with Crippen molar-refractivity contribution >= 4 is 11.8 Å². The number of pyridine rings is 1. The highest BCUT2D eigenvalue weighted by atomic mass is 16.2. The second kappa shape index (κ2) is 7.12. The minimum absolute atomic E-state index is 0.127. The molecule has 6 nitrogen and oxygen atoms in total. The van der Waals surface area contributed by atoms with Crippen molar-refractivity contribution in [1.82, 2.24) is 19.7 Å². The molecule has 134 valence electrons. The Morgan fingerprint density at radius 3 is 2.52 bits per heavy atom. The summed E-state index contributed by atoms with van der Waals surface area (Å²) in [6.45, 7) is 5.70. The molecule has 3 heterocycles. The third kappa shape index (κ3) is 4.00. The second-order valence-corrected chi connectivity index (χ2v) is 7.60. The standard InChI is InChI=1S/C19H26N4O2/c24-18-11-17(14-23(18)13-15-1-2-15)19(25)22-9-7-21(8-10-22)12-16-3-5-20-6-4-16/h3-6,15,17H,1-2,7-14H2/t17-/m0/s1. The van der Waals surface area contributed by atoms with E-state index < -0.39 is 0 Å². The zero-order valence-electron chi connectivity index (χ0n) is 14.6. The molecule has 25 heavy (non-hydrogen) atoms. The number of aromatic nitrogens is 1. The summed E-state index contributed by atoms with van der Waals surface area (Å²) in [7, 11) is 0. The van der Waals surface area contributed by atoms with Crippen molar-refractivity contribution in [2.75, 3.05) is 39.3 Å². The van der Waals surface area contributed by atoms with Crippen LogP contribution >= 0.6 is 0 Å². The lowest BCUT2D eigenvalue weighted by molar-refractivity contribution is -0.137. The minimum atomic E-state index is -0.127. The fraction of sp³-hybridized carbons (Fsp3) is 0.632. The lowest BCUT2D eigenvalue weighted by Crippen LogP contribution is -2.50. The zero-order valence-corrected chi connectivity index (χ0v) is 14.6. The van der Waals surface area contributed by atoms with Crippen molar-refractivity contribution in [3.8, 4) is 0 Å². The molecule has 1 saturated carbocycles. The SMILES string of the molecule is O=C1C[C@H](C(=O)N2CCN(Cc3ccncc3)CC2)CN1CC1CC1. The van der Waals surface area contributed by atoms with Gasteiger partial charge in [0.1, 0.15) is 0 Å². The lowest BCUT2D eigenvalue weighted by Gasteiger charge is -2.35. The van der Waals surface area contributed by atoms with Crippen LogP contribution in [0.1, 0.15) is 24.8 Å². The predicted octanol–water partition coefficient (Wildman–Crippen LogP) is 0.984. The van der Waals surface area contributed by atoms with E-state index in [4.69, 9.17) is 0 Å². The van der Waals surface area contributed by atoms with Crippen LogP contribution in [0, 0.1) is 11.8 Å². The van der Waals surface area contributed by atoms with Crippen molar-refractivity contribution in [1.29, 1.82) is 0 Å². The van der Waals surface area contributed by atoms with Gasteiger partial charge >= 0.3 is 0 Å². The van der Waals surface area contributed by atoms with E-state index in [-0.39, 0.29) is 17.7 Å². The topological polar surface area (TPSA) is 56.8 Å². The van der Waals surface area contributed by atoms with E-state index in [0.29, 0.717) is 18.9 Å². The van der Waals surface area contributed by atoms with E-state index in [1.54, 1.807) is 0 Å². The van der Waals surface area contributed by atoms with Crippen LogP contribution in [0.25, 0.3) is 0 Å². The van der Waals surface area contributed by atoms with Gasteiger partial charge in [-0.2, -0.15) is 0 Å². The number of nitrogens with zero attached hydrogens (tertiary/aromatic N) is 4. The summed E-state index contributed by atoms with van der Waals surface area (Å²) in [5.41, 5.74) is 1.26. The monoisotopic (exact) mass is 342 g/mol. The van der Waals surface area contributed by atoms with E-state index in [2.05, 4.69) is 9.88 Å². The molecule has 0 spiro atoms. The van der Waals surface area contributed by atoms with E-state index in [0.717, 1.165) is 39.3 Å².